The number of amides is 2. The molecule has 0 aliphatic rings. The highest BCUT2D eigenvalue weighted by molar-refractivity contribution is 5.76. The molecule has 1 unspecified atom stereocenters. The molecule has 0 aliphatic heterocycles. The monoisotopic (exact) mass is 271 g/mol. The van der Waals surface area contributed by atoms with Crippen LogP contribution < -0.4 is 16.4 Å². The van der Waals surface area contributed by atoms with E-state index in [1.165, 1.54) is 6.92 Å². The summed E-state index contributed by atoms with van der Waals surface area (Å²) in [4.78, 5) is 22.3. The highest BCUT2D eigenvalue weighted by Crippen LogP contribution is 2.31. The molecule has 0 aromatic rings. The maximum Gasteiger partial charge on any atom is 0.220 e. The van der Waals surface area contributed by atoms with Gasteiger partial charge < -0.3 is 16.4 Å². The van der Waals surface area contributed by atoms with Crippen LogP contribution in [-0.2, 0) is 9.59 Å². The summed E-state index contributed by atoms with van der Waals surface area (Å²) in [6.45, 7) is 9.63. The van der Waals surface area contributed by atoms with Gasteiger partial charge in [-0.3, -0.25) is 9.59 Å². The minimum absolute atomic E-state index is 0.0385. The predicted octanol–water partition coefficient (Wildman–Crippen LogP) is 1.03. The van der Waals surface area contributed by atoms with Crippen LogP contribution in [0.25, 0.3) is 0 Å². The summed E-state index contributed by atoms with van der Waals surface area (Å²) in [7, 11) is 0. The van der Waals surface area contributed by atoms with Gasteiger partial charge >= 0.3 is 0 Å². The molecular weight excluding hydrogens is 242 g/mol. The zero-order valence-corrected chi connectivity index (χ0v) is 12.7. The van der Waals surface area contributed by atoms with Gasteiger partial charge in [0.25, 0.3) is 0 Å². The Morgan fingerprint density at radius 1 is 1.11 bits per heavy atom. The van der Waals surface area contributed by atoms with Crippen LogP contribution in [0.1, 0.15) is 47.0 Å². The van der Waals surface area contributed by atoms with Gasteiger partial charge in [-0.1, -0.05) is 20.8 Å². The van der Waals surface area contributed by atoms with Crippen LogP contribution >= 0.6 is 0 Å². The van der Waals surface area contributed by atoms with E-state index in [-0.39, 0.29) is 17.2 Å². The average Bonchev–Trinajstić information content (AvgIpc) is 2.28. The molecule has 0 fully saturated rings. The van der Waals surface area contributed by atoms with Crippen molar-refractivity contribution in [3.05, 3.63) is 0 Å². The zero-order chi connectivity index (χ0) is 14.9. The van der Waals surface area contributed by atoms with Crippen LogP contribution in [0.15, 0.2) is 0 Å². The van der Waals surface area contributed by atoms with Crippen LogP contribution in [0.5, 0.6) is 0 Å². The molecule has 0 saturated heterocycles. The van der Waals surface area contributed by atoms with Crippen molar-refractivity contribution < 1.29 is 9.59 Å². The lowest BCUT2D eigenvalue weighted by molar-refractivity contribution is -0.122. The molecule has 112 valence electrons. The van der Waals surface area contributed by atoms with Crippen molar-refractivity contribution >= 4 is 11.8 Å². The summed E-state index contributed by atoms with van der Waals surface area (Å²) in [6.07, 6.45) is 2.32. The van der Waals surface area contributed by atoms with E-state index in [1.54, 1.807) is 0 Å². The fraction of sp³-hybridized carbons (Fsp3) is 0.857. The van der Waals surface area contributed by atoms with Crippen molar-refractivity contribution in [1.82, 2.24) is 10.6 Å². The third-order valence-corrected chi connectivity index (χ3v) is 3.28. The van der Waals surface area contributed by atoms with E-state index in [1.807, 2.05) is 0 Å². The van der Waals surface area contributed by atoms with Crippen molar-refractivity contribution in [2.75, 3.05) is 19.6 Å². The fourth-order valence-corrected chi connectivity index (χ4v) is 2.05. The third-order valence-electron chi connectivity index (χ3n) is 3.28. The number of nitrogens with one attached hydrogen (secondary N) is 2. The minimum atomic E-state index is -0.0787. The first-order valence-corrected chi connectivity index (χ1v) is 6.98. The van der Waals surface area contributed by atoms with Gasteiger partial charge in [-0.2, -0.15) is 0 Å². The first-order chi connectivity index (χ1) is 8.77. The minimum Gasteiger partial charge on any atom is -0.355 e. The van der Waals surface area contributed by atoms with E-state index in [0.29, 0.717) is 32.0 Å². The maximum absolute atomic E-state index is 11.7. The normalized spacial score (nSPS) is 12.9. The van der Waals surface area contributed by atoms with Gasteiger partial charge in [-0.25, -0.2) is 0 Å². The van der Waals surface area contributed by atoms with E-state index in [9.17, 15) is 9.59 Å². The van der Waals surface area contributed by atoms with Crippen LogP contribution in [0.4, 0.5) is 0 Å². The Labute approximate surface area is 116 Å². The number of nitrogens with two attached hydrogens (primary N) is 1. The van der Waals surface area contributed by atoms with Gasteiger partial charge in [0.2, 0.25) is 11.8 Å². The van der Waals surface area contributed by atoms with Crippen molar-refractivity contribution in [2.24, 2.45) is 17.1 Å². The quantitative estimate of drug-likeness (QED) is 0.576. The molecule has 5 heteroatoms. The third kappa shape index (κ3) is 9.47. The zero-order valence-electron chi connectivity index (χ0n) is 12.7. The predicted molar refractivity (Wildman–Crippen MR) is 77.5 cm³/mol. The smallest absolute Gasteiger partial charge is 0.220 e. The Morgan fingerprint density at radius 3 is 2.16 bits per heavy atom. The van der Waals surface area contributed by atoms with Crippen LogP contribution in [0, 0.1) is 11.3 Å². The standard InChI is InChI=1S/C14H29N3O2/c1-11(18)16-9-10-17-13(19)6-5-12(7-8-15)14(2,3)4/h12H,5-10,15H2,1-4H3,(H,16,18)(H,17,19). The molecule has 0 bridgehead atoms. The summed E-state index contributed by atoms with van der Waals surface area (Å²) in [5.74, 6) is 0.417. The van der Waals surface area contributed by atoms with E-state index >= 15 is 0 Å². The Kier molecular flexibility index (Phi) is 8.39. The number of carbonyl (C=O) groups is 2. The second-order valence-electron chi connectivity index (χ2n) is 6.01. The molecule has 0 heterocycles. The van der Waals surface area contributed by atoms with E-state index in [4.69, 9.17) is 5.73 Å². The van der Waals surface area contributed by atoms with Gasteiger partial charge in [0.1, 0.15) is 0 Å². The molecule has 0 saturated carbocycles. The number of hydrogen-bond acceptors (Lipinski definition) is 3. The molecule has 5 nitrogen and oxygen atoms in total. The molecule has 0 aliphatic carbocycles. The van der Waals surface area contributed by atoms with Gasteiger partial charge in [0, 0.05) is 26.4 Å². The molecule has 2 amide bonds. The van der Waals surface area contributed by atoms with E-state index in [2.05, 4.69) is 31.4 Å². The molecule has 0 radical (unpaired) electrons. The largest absolute Gasteiger partial charge is 0.355 e. The van der Waals surface area contributed by atoms with Crippen LogP contribution in [-0.4, -0.2) is 31.4 Å². The number of carbonyl (C=O) groups excluding carboxylic acids is 2. The number of rotatable bonds is 8. The molecule has 4 N–H and O–H groups in total. The number of hydrogen-bond donors (Lipinski definition) is 3. The Balaban J connectivity index is 3.89. The van der Waals surface area contributed by atoms with E-state index < -0.39 is 0 Å². The molecule has 0 aromatic heterocycles. The van der Waals surface area contributed by atoms with Crippen molar-refractivity contribution in [3.8, 4) is 0 Å². The lowest BCUT2D eigenvalue weighted by atomic mass is 9.76. The second kappa shape index (κ2) is 8.91. The summed E-state index contributed by atoms with van der Waals surface area (Å²) in [5.41, 5.74) is 5.79. The maximum atomic E-state index is 11.7. The summed E-state index contributed by atoms with van der Waals surface area (Å²) in [6, 6.07) is 0. The second-order valence-corrected chi connectivity index (χ2v) is 6.01. The van der Waals surface area contributed by atoms with Crippen molar-refractivity contribution in [2.45, 2.75) is 47.0 Å². The summed E-state index contributed by atoms with van der Waals surface area (Å²) >= 11 is 0. The Bertz CT molecular complexity index is 285. The molecule has 19 heavy (non-hydrogen) atoms. The van der Waals surface area contributed by atoms with Gasteiger partial charge in [-0.15, -0.1) is 0 Å². The fourth-order valence-electron chi connectivity index (χ4n) is 2.05. The van der Waals surface area contributed by atoms with Gasteiger partial charge in [0.05, 0.1) is 0 Å². The Hall–Kier alpha value is -1.10. The lowest BCUT2D eigenvalue weighted by Crippen LogP contribution is -2.34. The van der Waals surface area contributed by atoms with Crippen LogP contribution in [0.2, 0.25) is 0 Å². The highest BCUT2D eigenvalue weighted by Gasteiger charge is 2.24. The first kappa shape index (κ1) is 17.9. The van der Waals surface area contributed by atoms with Gasteiger partial charge in [-0.05, 0) is 30.7 Å². The molecule has 0 spiro atoms. The first-order valence-electron chi connectivity index (χ1n) is 6.98. The van der Waals surface area contributed by atoms with Gasteiger partial charge in [0.15, 0.2) is 0 Å². The van der Waals surface area contributed by atoms with E-state index in [0.717, 1.165) is 12.8 Å². The SMILES string of the molecule is CC(=O)NCCNC(=O)CCC(CCN)C(C)(C)C. The molecule has 0 aromatic carbocycles. The van der Waals surface area contributed by atoms with Crippen LogP contribution in [0.3, 0.4) is 0 Å². The molecule has 1 atom stereocenters. The summed E-state index contributed by atoms with van der Waals surface area (Å²) in [5, 5.41) is 5.44. The van der Waals surface area contributed by atoms with Crippen molar-refractivity contribution in [3.63, 3.8) is 0 Å². The average molecular weight is 271 g/mol. The Morgan fingerprint density at radius 2 is 1.68 bits per heavy atom. The molecular formula is C14H29N3O2. The topological polar surface area (TPSA) is 84.2 Å². The summed E-state index contributed by atoms with van der Waals surface area (Å²) < 4.78 is 0. The highest BCUT2D eigenvalue weighted by atomic mass is 16.2. The van der Waals surface area contributed by atoms with Crippen molar-refractivity contribution in [1.29, 1.82) is 0 Å². The molecule has 0 rings (SSSR count). The lowest BCUT2D eigenvalue weighted by Gasteiger charge is -2.30.